The van der Waals surface area contributed by atoms with Crippen molar-refractivity contribution in [1.29, 1.82) is 0 Å². The van der Waals surface area contributed by atoms with Gasteiger partial charge >= 0.3 is 0 Å². The highest BCUT2D eigenvalue weighted by Gasteiger charge is 1.88. The van der Waals surface area contributed by atoms with Crippen molar-refractivity contribution in [2.24, 2.45) is 0 Å². The van der Waals surface area contributed by atoms with E-state index >= 15 is 0 Å². The smallest absolute Gasteiger partial charge is 0.143 e. The first-order chi connectivity index (χ1) is 4.27. The summed E-state index contributed by atoms with van der Waals surface area (Å²) in [7, 11) is 0. The Balaban J connectivity index is 2.91. The molecule has 0 amide bonds. The average Bonchev–Trinajstić information content (AvgIpc) is 1.80. The van der Waals surface area contributed by atoms with E-state index in [2.05, 4.69) is 11.9 Å². The molecule has 2 nitrogen and oxygen atoms in total. The molecule has 0 atom stereocenters. The van der Waals surface area contributed by atoms with Gasteiger partial charge in [0, 0.05) is 0 Å². The van der Waals surface area contributed by atoms with Gasteiger partial charge in [0.15, 0.2) is 0 Å². The van der Waals surface area contributed by atoms with Crippen molar-refractivity contribution in [3.05, 3.63) is 12.7 Å². The Morgan fingerprint density at radius 2 is 2.44 bits per heavy atom. The molecule has 0 unspecified atom stereocenters. The largest absolute Gasteiger partial charge is 0.310 e. The van der Waals surface area contributed by atoms with Crippen LogP contribution in [0.1, 0.15) is 13.3 Å². The van der Waals surface area contributed by atoms with Crippen molar-refractivity contribution in [1.82, 2.24) is 5.32 Å². The molecule has 0 heterocycles. The Morgan fingerprint density at radius 3 is 2.89 bits per heavy atom. The van der Waals surface area contributed by atoms with Gasteiger partial charge in [-0.05, 0) is 19.9 Å². The second kappa shape index (κ2) is 5.51. The number of carbonyl (C=O) groups is 1. The first kappa shape index (κ1) is 8.37. The Kier molecular flexibility index (Phi) is 5.12. The minimum Gasteiger partial charge on any atom is -0.310 e. The number of hydrogen-bond acceptors (Lipinski definition) is 2. The maximum Gasteiger partial charge on any atom is 0.143 e. The molecule has 0 fully saturated rings. The van der Waals surface area contributed by atoms with Crippen LogP contribution < -0.4 is 5.32 Å². The monoisotopic (exact) mass is 127 g/mol. The summed E-state index contributed by atoms with van der Waals surface area (Å²) in [5, 5.41) is 2.96. The average molecular weight is 127 g/mol. The fraction of sp³-hybridized carbons (Fsp3) is 0.571. The third kappa shape index (κ3) is 7.37. The lowest BCUT2D eigenvalue weighted by Gasteiger charge is -1.96. The van der Waals surface area contributed by atoms with Gasteiger partial charge in [-0.3, -0.25) is 4.79 Å². The Hall–Kier alpha value is -0.630. The zero-order valence-electron chi connectivity index (χ0n) is 5.81. The molecular weight excluding hydrogens is 114 g/mol. The fourth-order valence-electron chi connectivity index (χ4n) is 0.469. The van der Waals surface area contributed by atoms with E-state index in [1.807, 2.05) is 6.08 Å². The molecule has 0 saturated carbocycles. The van der Waals surface area contributed by atoms with E-state index in [1.54, 1.807) is 6.92 Å². The summed E-state index contributed by atoms with van der Waals surface area (Å²) in [6, 6.07) is 0. The standard InChI is InChI=1S/C7H13NO/c1-3-4-5-8-6-7(2)9/h3,8H,1,4-6H2,2H3. The summed E-state index contributed by atoms with van der Waals surface area (Å²) in [4.78, 5) is 10.3. The van der Waals surface area contributed by atoms with Crippen molar-refractivity contribution >= 4 is 5.78 Å². The van der Waals surface area contributed by atoms with Gasteiger partial charge in [-0.15, -0.1) is 6.58 Å². The first-order valence-electron chi connectivity index (χ1n) is 3.08. The highest BCUT2D eigenvalue weighted by Crippen LogP contribution is 1.74. The van der Waals surface area contributed by atoms with Crippen LogP contribution in [0.4, 0.5) is 0 Å². The number of rotatable bonds is 5. The number of hydrogen-bond donors (Lipinski definition) is 1. The van der Waals surface area contributed by atoms with Crippen LogP contribution in [0.25, 0.3) is 0 Å². The van der Waals surface area contributed by atoms with Crippen LogP contribution in [0.2, 0.25) is 0 Å². The molecule has 0 aliphatic heterocycles. The van der Waals surface area contributed by atoms with Crippen molar-refractivity contribution < 1.29 is 4.79 Å². The van der Waals surface area contributed by atoms with Crippen LogP contribution in [0.15, 0.2) is 12.7 Å². The lowest BCUT2D eigenvalue weighted by atomic mass is 10.4. The summed E-state index contributed by atoms with van der Waals surface area (Å²) in [6.07, 6.45) is 2.75. The van der Waals surface area contributed by atoms with Gasteiger partial charge in [0.05, 0.1) is 6.54 Å². The van der Waals surface area contributed by atoms with E-state index in [0.29, 0.717) is 6.54 Å². The first-order valence-corrected chi connectivity index (χ1v) is 3.08. The third-order valence-electron chi connectivity index (χ3n) is 0.899. The molecule has 0 spiro atoms. The molecule has 1 N–H and O–H groups in total. The number of ketones is 1. The summed E-state index contributed by atoms with van der Waals surface area (Å²) in [6.45, 7) is 6.45. The van der Waals surface area contributed by atoms with E-state index in [9.17, 15) is 4.79 Å². The maximum absolute atomic E-state index is 10.3. The van der Waals surface area contributed by atoms with Crippen molar-refractivity contribution in [2.45, 2.75) is 13.3 Å². The van der Waals surface area contributed by atoms with Crippen LogP contribution in [0.5, 0.6) is 0 Å². The van der Waals surface area contributed by atoms with Gasteiger partial charge in [0.1, 0.15) is 5.78 Å². The SMILES string of the molecule is C=CCCNCC(C)=O. The highest BCUT2D eigenvalue weighted by molar-refractivity contribution is 5.77. The van der Waals surface area contributed by atoms with E-state index in [1.165, 1.54) is 0 Å². The summed E-state index contributed by atoms with van der Waals surface area (Å²) >= 11 is 0. The second-order valence-electron chi connectivity index (χ2n) is 1.96. The van der Waals surface area contributed by atoms with Crippen LogP contribution >= 0.6 is 0 Å². The lowest BCUT2D eigenvalue weighted by Crippen LogP contribution is -2.21. The van der Waals surface area contributed by atoms with E-state index in [0.717, 1.165) is 13.0 Å². The quantitative estimate of drug-likeness (QED) is 0.436. The van der Waals surface area contributed by atoms with Crippen molar-refractivity contribution in [3.63, 3.8) is 0 Å². The summed E-state index contributed by atoms with van der Waals surface area (Å²) in [5.74, 6) is 0.180. The molecule has 0 aliphatic carbocycles. The number of Topliss-reactive ketones (excluding diaryl/α,β-unsaturated/α-hetero) is 1. The van der Waals surface area contributed by atoms with Crippen molar-refractivity contribution in [3.8, 4) is 0 Å². The second-order valence-corrected chi connectivity index (χ2v) is 1.96. The Morgan fingerprint density at radius 1 is 1.78 bits per heavy atom. The molecule has 0 aliphatic rings. The predicted molar refractivity (Wildman–Crippen MR) is 38.4 cm³/mol. The molecule has 0 aromatic rings. The molecule has 52 valence electrons. The summed E-state index contributed by atoms with van der Waals surface area (Å²) < 4.78 is 0. The Labute approximate surface area is 56.0 Å². The fourth-order valence-corrected chi connectivity index (χ4v) is 0.469. The molecule has 0 rings (SSSR count). The molecule has 0 radical (unpaired) electrons. The number of nitrogens with one attached hydrogen (secondary N) is 1. The molecule has 0 saturated heterocycles. The lowest BCUT2D eigenvalue weighted by molar-refractivity contribution is -0.116. The van der Waals surface area contributed by atoms with E-state index in [4.69, 9.17) is 0 Å². The van der Waals surface area contributed by atoms with Gasteiger partial charge in [0.2, 0.25) is 0 Å². The molecule has 9 heavy (non-hydrogen) atoms. The topological polar surface area (TPSA) is 29.1 Å². The van der Waals surface area contributed by atoms with Gasteiger partial charge in [0.25, 0.3) is 0 Å². The van der Waals surface area contributed by atoms with E-state index in [-0.39, 0.29) is 5.78 Å². The molecule has 0 aromatic carbocycles. The molecule has 0 aromatic heterocycles. The normalized spacial score (nSPS) is 9.00. The van der Waals surface area contributed by atoms with Crippen LogP contribution in [0.3, 0.4) is 0 Å². The van der Waals surface area contributed by atoms with Gasteiger partial charge in [-0.2, -0.15) is 0 Å². The van der Waals surface area contributed by atoms with Crippen molar-refractivity contribution in [2.75, 3.05) is 13.1 Å². The maximum atomic E-state index is 10.3. The van der Waals surface area contributed by atoms with Gasteiger partial charge in [-0.1, -0.05) is 6.08 Å². The third-order valence-corrected chi connectivity index (χ3v) is 0.899. The highest BCUT2D eigenvalue weighted by atomic mass is 16.1. The molecule has 0 bridgehead atoms. The minimum atomic E-state index is 0.180. The van der Waals surface area contributed by atoms with Crippen LogP contribution in [-0.2, 0) is 4.79 Å². The summed E-state index contributed by atoms with van der Waals surface area (Å²) in [5.41, 5.74) is 0. The van der Waals surface area contributed by atoms with Gasteiger partial charge < -0.3 is 5.32 Å². The van der Waals surface area contributed by atoms with Gasteiger partial charge in [-0.25, -0.2) is 0 Å². The Bertz CT molecular complexity index is 99.1. The predicted octanol–water partition coefficient (Wildman–Crippen LogP) is 0.741. The minimum absolute atomic E-state index is 0.180. The van der Waals surface area contributed by atoms with Crippen LogP contribution in [-0.4, -0.2) is 18.9 Å². The van der Waals surface area contributed by atoms with E-state index < -0.39 is 0 Å². The molecule has 2 heteroatoms. The zero-order valence-corrected chi connectivity index (χ0v) is 5.81. The zero-order chi connectivity index (χ0) is 7.11. The molecular formula is C7H13NO. The van der Waals surface area contributed by atoms with Crippen LogP contribution in [0, 0.1) is 0 Å². The number of carbonyl (C=O) groups excluding carboxylic acids is 1.